The fraction of sp³-hybridized carbons (Fsp3) is 0.478. The van der Waals surface area contributed by atoms with Crippen LogP contribution in [0.25, 0.3) is 0 Å². The number of aliphatic hydroxyl groups is 1. The van der Waals surface area contributed by atoms with Crippen LogP contribution in [0, 0.1) is 5.92 Å². The van der Waals surface area contributed by atoms with Crippen molar-refractivity contribution in [3.8, 4) is 5.75 Å². The van der Waals surface area contributed by atoms with Crippen molar-refractivity contribution in [2.75, 3.05) is 12.3 Å². The van der Waals surface area contributed by atoms with Gasteiger partial charge in [-0.25, -0.2) is 0 Å². The van der Waals surface area contributed by atoms with Crippen molar-refractivity contribution >= 4 is 11.8 Å². The van der Waals surface area contributed by atoms with Crippen molar-refractivity contribution < 1.29 is 9.84 Å². The van der Waals surface area contributed by atoms with Gasteiger partial charge in [0.05, 0.1) is 6.10 Å². The third-order valence-electron chi connectivity index (χ3n) is 5.19. The third-order valence-corrected chi connectivity index (χ3v) is 6.39. The van der Waals surface area contributed by atoms with Gasteiger partial charge in [-0.3, -0.25) is 0 Å². The molecular formula is C23H31NO2S. The topological polar surface area (TPSA) is 55.5 Å². The van der Waals surface area contributed by atoms with Crippen LogP contribution in [0.1, 0.15) is 55.8 Å². The van der Waals surface area contributed by atoms with Gasteiger partial charge < -0.3 is 15.6 Å². The number of benzene rings is 2. The third kappa shape index (κ3) is 6.56. The number of hydrogen-bond acceptors (Lipinski definition) is 4. The maximum atomic E-state index is 10.4. The van der Waals surface area contributed by atoms with E-state index in [1.807, 2.05) is 36.0 Å². The molecule has 1 saturated carbocycles. The fourth-order valence-electron chi connectivity index (χ4n) is 3.59. The summed E-state index contributed by atoms with van der Waals surface area (Å²) in [6, 6.07) is 16.3. The van der Waals surface area contributed by atoms with E-state index in [9.17, 15) is 5.11 Å². The number of rotatable bonds is 9. The SMILES string of the molecule is NCCC(O)c1cc(OCc2ccccc2)cc(SCC2CCCCC2)c1. The summed E-state index contributed by atoms with van der Waals surface area (Å²) in [5.74, 6) is 2.78. The van der Waals surface area contributed by atoms with Crippen LogP contribution < -0.4 is 10.5 Å². The highest BCUT2D eigenvalue weighted by atomic mass is 32.2. The maximum Gasteiger partial charge on any atom is 0.121 e. The molecule has 0 aromatic heterocycles. The first-order valence-electron chi connectivity index (χ1n) is 10.1. The zero-order valence-corrected chi connectivity index (χ0v) is 16.8. The molecule has 0 saturated heterocycles. The number of ether oxygens (including phenoxy) is 1. The highest BCUT2D eigenvalue weighted by Gasteiger charge is 2.15. The Morgan fingerprint density at radius 3 is 2.59 bits per heavy atom. The molecule has 1 aliphatic rings. The Bertz CT molecular complexity index is 686. The molecule has 0 bridgehead atoms. The van der Waals surface area contributed by atoms with Crippen molar-refractivity contribution in [2.24, 2.45) is 11.7 Å². The summed E-state index contributed by atoms with van der Waals surface area (Å²) in [5, 5.41) is 10.4. The lowest BCUT2D eigenvalue weighted by molar-refractivity contribution is 0.169. The average Bonchev–Trinajstić information content (AvgIpc) is 2.72. The second-order valence-corrected chi connectivity index (χ2v) is 8.51. The van der Waals surface area contributed by atoms with Crippen molar-refractivity contribution in [2.45, 2.75) is 56.1 Å². The van der Waals surface area contributed by atoms with E-state index in [0.29, 0.717) is 19.6 Å². The van der Waals surface area contributed by atoms with Gasteiger partial charge in [0.15, 0.2) is 0 Å². The van der Waals surface area contributed by atoms with E-state index in [0.717, 1.165) is 28.5 Å². The van der Waals surface area contributed by atoms with Gasteiger partial charge in [0.25, 0.3) is 0 Å². The highest BCUT2D eigenvalue weighted by Crippen LogP contribution is 2.34. The molecule has 27 heavy (non-hydrogen) atoms. The smallest absolute Gasteiger partial charge is 0.121 e. The van der Waals surface area contributed by atoms with E-state index < -0.39 is 6.10 Å². The Balaban J connectivity index is 1.69. The van der Waals surface area contributed by atoms with Crippen molar-refractivity contribution in [3.05, 3.63) is 59.7 Å². The van der Waals surface area contributed by atoms with Crippen LogP contribution >= 0.6 is 11.8 Å². The van der Waals surface area contributed by atoms with Gasteiger partial charge in [-0.2, -0.15) is 0 Å². The van der Waals surface area contributed by atoms with E-state index in [1.54, 1.807) is 0 Å². The molecule has 2 aromatic rings. The molecule has 3 nitrogen and oxygen atoms in total. The van der Waals surface area contributed by atoms with Crippen molar-refractivity contribution in [3.63, 3.8) is 0 Å². The van der Waals surface area contributed by atoms with Crippen LogP contribution in [0.4, 0.5) is 0 Å². The molecule has 0 heterocycles. The lowest BCUT2D eigenvalue weighted by Gasteiger charge is -2.21. The average molecular weight is 386 g/mol. The zero-order valence-electron chi connectivity index (χ0n) is 16.0. The Morgan fingerprint density at radius 1 is 1.07 bits per heavy atom. The first-order chi connectivity index (χ1) is 13.2. The van der Waals surface area contributed by atoms with Crippen molar-refractivity contribution in [1.82, 2.24) is 0 Å². The van der Waals surface area contributed by atoms with Crippen molar-refractivity contribution in [1.29, 1.82) is 0 Å². The first-order valence-corrected chi connectivity index (χ1v) is 11.1. The second-order valence-electron chi connectivity index (χ2n) is 7.42. The second kappa shape index (κ2) is 10.7. The van der Waals surface area contributed by atoms with E-state index >= 15 is 0 Å². The summed E-state index contributed by atoms with van der Waals surface area (Å²) in [5.41, 5.74) is 7.68. The molecule has 1 unspecified atom stereocenters. The minimum absolute atomic E-state index is 0.473. The predicted molar refractivity (Wildman–Crippen MR) is 113 cm³/mol. The van der Waals surface area contributed by atoms with E-state index in [-0.39, 0.29) is 0 Å². The molecule has 3 N–H and O–H groups in total. The molecule has 2 aromatic carbocycles. The lowest BCUT2D eigenvalue weighted by atomic mass is 9.91. The largest absolute Gasteiger partial charge is 0.489 e. The van der Waals surface area contributed by atoms with Gasteiger partial charge in [0.1, 0.15) is 12.4 Å². The van der Waals surface area contributed by atoms with Crippen LogP contribution in [0.3, 0.4) is 0 Å². The first kappa shape index (κ1) is 20.2. The van der Waals surface area contributed by atoms with Crippen LogP contribution in [-0.2, 0) is 6.61 Å². The van der Waals surface area contributed by atoms with Gasteiger partial charge in [-0.1, -0.05) is 49.6 Å². The monoisotopic (exact) mass is 385 g/mol. The summed E-state index contributed by atoms with van der Waals surface area (Å²) in [6.45, 7) is 1.00. The van der Waals surface area contributed by atoms with E-state index in [4.69, 9.17) is 10.5 Å². The Morgan fingerprint density at radius 2 is 1.85 bits per heavy atom. The molecule has 0 radical (unpaired) electrons. The molecular weight excluding hydrogens is 354 g/mol. The zero-order chi connectivity index (χ0) is 18.9. The molecule has 0 aliphatic heterocycles. The van der Waals surface area contributed by atoms with Gasteiger partial charge in [0.2, 0.25) is 0 Å². The van der Waals surface area contributed by atoms with Crippen LogP contribution in [0.5, 0.6) is 5.75 Å². The summed E-state index contributed by atoms with van der Waals surface area (Å²) in [4.78, 5) is 1.18. The molecule has 0 spiro atoms. The van der Waals surface area contributed by atoms with Gasteiger partial charge in [-0.05, 0) is 61.1 Å². The number of hydrogen-bond donors (Lipinski definition) is 2. The van der Waals surface area contributed by atoms with E-state index in [1.165, 1.54) is 37.0 Å². The maximum absolute atomic E-state index is 10.4. The van der Waals surface area contributed by atoms with Gasteiger partial charge >= 0.3 is 0 Å². The van der Waals surface area contributed by atoms with Gasteiger partial charge in [-0.15, -0.1) is 11.8 Å². The van der Waals surface area contributed by atoms with Gasteiger partial charge in [0, 0.05) is 10.6 Å². The Labute approximate surface area is 167 Å². The molecule has 4 heteroatoms. The number of nitrogens with two attached hydrogens (primary N) is 1. The minimum Gasteiger partial charge on any atom is -0.489 e. The number of aliphatic hydroxyl groups excluding tert-OH is 1. The molecule has 146 valence electrons. The predicted octanol–water partition coefficient (Wildman–Crippen LogP) is 5.32. The fourth-order valence-corrected chi connectivity index (χ4v) is 4.77. The molecule has 3 rings (SSSR count). The standard InChI is InChI=1S/C23H31NO2S/c24-12-11-23(25)20-13-21(26-16-18-7-3-1-4-8-18)15-22(14-20)27-17-19-9-5-2-6-10-19/h1,3-4,7-8,13-15,19,23,25H,2,5-6,9-12,16-17,24H2. The number of thioether (sulfide) groups is 1. The van der Waals surface area contributed by atoms with E-state index in [2.05, 4.69) is 24.3 Å². The highest BCUT2D eigenvalue weighted by molar-refractivity contribution is 7.99. The molecule has 1 aliphatic carbocycles. The Hall–Kier alpha value is -1.49. The summed E-state index contributed by atoms with van der Waals surface area (Å²) in [7, 11) is 0. The minimum atomic E-state index is -0.538. The lowest BCUT2D eigenvalue weighted by Crippen LogP contribution is -2.09. The quantitative estimate of drug-likeness (QED) is 0.574. The Kier molecular flexibility index (Phi) is 8.06. The summed E-state index contributed by atoms with van der Waals surface area (Å²) in [6.07, 6.45) is 6.84. The molecule has 1 fully saturated rings. The normalized spacial score (nSPS) is 16.2. The van der Waals surface area contributed by atoms with Crippen LogP contribution in [-0.4, -0.2) is 17.4 Å². The molecule has 1 atom stereocenters. The van der Waals surface area contributed by atoms with Crippen LogP contribution in [0.2, 0.25) is 0 Å². The summed E-state index contributed by atoms with van der Waals surface area (Å²) < 4.78 is 6.04. The molecule has 0 amide bonds. The summed E-state index contributed by atoms with van der Waals surface area (Å²) >= 11 is 1.89. The van der Waals surface area contributed by atoms with Crippen LogP contribution in [0.15, 0.2) is 53.4 Å².